The fourth-order valence-corrected chi connectivity index (χ4v) is 3.21. The van der Waals surface area contributed by atoms with Crippen molar-refractivity contribution in [1.82, 2.24) is 5.32 Å². The Morgan fingerprint density at radius 2 is 1.70 bits per heavy atom. The van der Waals surface area contributed by atoms with Crippen LogP contribution in [0, 0.1) is 0 Å². The maximum atomic E-state index is 12.7. The van der Waals surface area contributed by atoms with Crippen LogP contribution in [0.3, 0.4) is 0 Å². The molecule has 0 unspecified atom stereocenters. The van der Waals surface area contributed by atoms with Crippen molar-refractivity contribution >= 4 is 35.3 Å². The number of hydrogen-bond acceptors (Lipinski definition) is 5. The molecule has 33 heavy (non-hydrogen) atoms. The topological polar surface area (TPSA) is 93.7 Å². The lowest BCUT2D eigenvalue weighted by Crippen LogP contribution is -2.25. The summed E-state index contributed by atoms with van der Waals surface area (Å²) in [6.07, 6.45) is -0.601. The molecule has 3 rings (SSSR count). The third kappa shape index (κ3) is 7.36. The minimum atomic E-state index is -0.805. The second-order valence-corrected chi connectivity index (χ2v) is 7.44. The van der Waals surface area contributed by atoms with Crippen LogP contribution in [0.4, 0.5) is 10.5 Å². The summed E-state index contributed by atoms with van der Waals surface area (Å²) in [6.45, 7) is 2.14. The molecule has 0 aromatic heterocycles. The highest BCUT2D eigenvalue weighted by atomic mass is 35.5. The van der Waals surface area contributed by atoms with E-state index in [2.05, 4.69) is 10.6 Å². The summed E-state index contributed by atoms with van der Waals surface area (Å²) in [5, 5.41) is 6.29. The highest BCUT2D eigenvalue weighted by molar-refractivity contribution is 6.30. The summed E-state index contributed by atoms with van der Waals surface area (Å²) in [7, 11) is 0. The fourth-order valence-electron chi connectivity index (χ4n) is 3.00. The molecule has 0 heterocycles. The zero-order valence-corrected chi connectivity index (χ0v) is 18.7. The third-order valence-corrected chi connectivity index (χ3v) is 4.81. The van der Waals surface area contributed by atoms with Gasteiger partial charge in [-0.2, -0.15) is 0 Å². The zero-order chi connectivity index (χ0) is 23.6. The van der Waals surface area contributed by atoms with Crippen LogP contribution in [-0.2, 0) is 22.5 Å². The van der Waals surface area contributed by atoms with Crippen molar-refractivity contribution in [3.63, 3.8) is 0 Å². The first-order chi connectivity index (χ1) is 15.9. The smallest absolute Gasteiger partial charge is 0.434 e. The van der Waals surface area contributed by atoms with Crippen molar-refractivity contribution in [3.8, 4) is 5.75 Å². The Hall–Kier alpha value is -3.84. The van der Waals surface area contributed by atoms with E-state index in [-0.39, 0.29) is 37.1 Å². The van der Waals surface area contributed by atoms with Crippen LogP contribution < -0.4 is 15.4 Å². The first-order valence-electron chi connectivity index (χ1n) is 10.3. The van der Waals surface area contributed by atoms with Gasteiger partial charge in [0.25, 0.3) is 5.91 Å². The second kappa shape index (κ2) is 11.7. The average Bonchev–Trinajstić information content (AvgIpc) is 2.79. The number of anilines is 1. The average molecular weight is 467 g/mol. The Morgan fingerprint density at radius 1 is 0.939 bits per heavy atom. The van der Waals surface area contributed by atoms with Gasteiger partial charge in [0.15, 0.2) is 0 Å². The van der Waals surface area contributed by atoms with Gasteiger partial charge in [-0.05, 0) is 60.5 Å². The number of carbonyl (C=O) groups is 3. The first kappa shape index (κ1) is 23.8. The molecule has 8 heteroatoms. The Labute approximate surface area is 196 Å². The molecule has 0 aliphatic carbocycles. The van der Waals surface area contributed by atoms with Crippen molar-refractivity contribution in [2.24, 2.45) is 0 Å². The highest BCUT2D eigenvalue weighted by Crippen LogP contribution is 2.18. The standard InChI is InChI=1S/C25H23ClN2O5/c1-2-32-25(31)33-21-12-10-18(11-13-21)24(30)28-22-9-4-3-7-19(22)16-27-23(29)15-17-6-5-8-20(26)14-17/h3-14H,2,15-16H2,1H3,(H,27,29)(H,28,30). The van der Waals surface area contributed by atoms with E-state index in [9.17, 15) is 14.4 Å². The largest absolute Gasteiger partial charge is 0.513 e. The number of benzene rings is 3. The number of para-hydroxylation sites is 1. The minimum absolute atomic E-state index is 0.157. The van der Waals surface area contributed by atoms with Crippen LogP contribution in [-0.4, -0.2) is 24.6 Å². The van der Waals surface area contributed by atoms with Gasteiger partial charge in [0.05, 0.1) is 13.0 Å². The van der Waals surface area contributed by atoms with E-state index in [1.54, 1.807) is 49.4 Å². The molecule has 3 aromatic rings. The molecule has 0 saturated carbocycles. The summed E-state index contributed by atoms with van der Waals surface area (Å²) in [4.78, 5) is 36.4. The molecular formula is C25H23ClN2O5. The molecule has 0 bridgehead atoms. The Kier molecular flexibility index (Phi) is 8.43. The van der Waals surface area contributed by atoms with E-state index >= 15 is 0 Å². The van der Waals surface area contributed by atoms with Crippen molar-refractivity contribution in [3.05, 3.63) is 94.5 Å². The summed E-state index contributed by atoms with van der Waals surface area (Å²) >= 11 is 5.97. The lowest BCUT2D eigenvalue weighted by atomic mass is 10.1. The monoisotopic (exact) mass is 466 g/mol. The number of hydrogen-bond donors (Lipinski definition) is 2. The summed E-state index contributed by atoms with van der Waals surface area (Å²) in [5.41, 5.74) is 2.54. The Bertz CT molecular complexity index is 1130. The van der Waals surface area contributed by atoms with E-state index in [4.69, 9.17) is 21.1 Å². The Balaban J connectivity index is 1.59. The molecule has 170 valence electrons. The molecule has 0 saturated heterocycles. The molecular weight excluding hydrogens is 444 g/mol. The highest BCUT2D eigenvalue weighted by Gasteiger charge is 2.12. The lowest BCUT2D eigenvalue weighted by Gasteiger charge is -2.12. The summed E-state index contributed by atoms with van der Waals surface area (Å²) < 4.78 is 9.71. The van der Waals surface area contributed by atoms with E-state index in [0.717, 1.165) is 11.1 Å². The van der Waals surface area contributed by atoms with Gasteiger partial charge >= 0.3 is 6.16 Å². The molecule has 0 aliphatic heterocycles. The second-order valence-electron chi connectivity index (χ2n) is 7.00. The van der Waals surface area contributed by atoms with Gasteiger partial charge in [-0.1, -0.05) is 41.9 Å². The van der Waals surface area contributed by atoms with Crippen LogP contribution in [0.5, 0.6) is 5.75 Å². The van der Waals surface area contributed by atoms with Gasteiger partial charge in [-0.15, -0.1) is 0 Å². The molecule has 0 spiro atoms. The number of ether oxygens (including phenoxy) is 2. The van der Waals surface area contributed by atoms with Gasteiger partial charge in [-0.3, -0.25) is 9.59 Å². The molecule has 2 N–H and O–H groups in total. The number of amides is 2. The van der Waals surface area contributed by atoms with Crippen LogP contribution in [0.2, 0.25) is 5.02 Å². The van der Waals surface area contributed by atoms with E-state index in [1.807, 2.05) is 18.2 Å². The predicted octanol–water partition coefficient (Wildman–Crippen LogP) is 4.99. The van der Waals surface area contributed by atoms with Gasteiger partial charge in [0.2, 0.25) is 5.91 Å². The molecule has 0 fully saturated rings. The van der Waals surface area contributed by atoms with Crippen LogP contribution in [0.25, 0.3) is 0 Å². The number of nitrogens with one attached hydrogen (secondary N) is 2. The molecule has 3 aromatic carbocycles. The van der Waals surface area contributed by atoms with Crippen molar-refractivity contribution < 1.29 is 23.9 Å². The van der Waals surface area contributed by atoms with Gasteiger partial charge in [0.1, 0.15) is 5.75 Å². The number of carbonyl (C=O) groups excluding carboxylic acids is 3. The van der Waals surface area contributed by atoms with E-state index in [0.29, 0.717) is 16.3 Å². The predicted molar refractivity (Wildman–Crippen MR) is 125 cm³/mol. The van der Waals surface area contributed by atoms with Crippen LogP contribution in [0.15, 0.2) is 72.8 Å². The quantitative estimate of drug-likeness (QED) is 0.360. The van der Waals surface area contributed by atoms with Crippen molar-refractivity contribution in [1.29, 1.82) is 0 Å². The van der Waals surface area contributed by atoms with Gasteiger partial charge in [-0.25, -0.2) is 4.79 Å². The maximum absolute atomic E-state index is 12.7. The van der Waals surface area contributed by atoms with Crippen LogP contribution >= 0.6 is 11.6 Å². The number of halogens is 1. The van der Waals surface area contributed by atoms with E-state index < -0.39 is 6.16 Å². The minimum Gasteiger partial charge on any atom is -0.434 e. The summed E-state index contributed by atoms with van der Waals surface area (Å²) in [5.74, 6) is -0.223. The zero-order valence-electron chi connectivity index (χ0n) is 18.0. The van der Waals surface area contributed by atoms with Gasteiger partial charge < -0.3 is 20.1 Å². The Morgan fingerprint density at radius 3 is 2.42 bits per heavy atom. The molecule has 2 amide bonds. The van der Waals surface area contributed by atoms with Crippen molar-refractivity contribution in [2.75, 3.05) is 11.9 Å². The molecule has 0 radical (unpaired) electrons. The fraction of sp³-hybridized carbons (Fsp3) is 0.160. The third-order valence-electron chi connectivity index (χ3n) is 4.58. The van der Waals surface area contributed by atoms with Crippen molar-refractivity contribution in [2.45, 2.75) is 19.9 Å². The SMILES string of the molecule is CCOC(=O)Oc1ccc(C(=O)Nc2ccccc2CNC(=O)Cc2cccc(Cl)c2)cc1. The maximum Gasteiger partial charge on any atom is 0.513 e. The molecule has 0 aliphatic rings. The van der Waals surface area contributed by atoms with Crippen LogP contribution in [0.1, 0.15) is 28.4 Å². The lowest BCUT2D eigenvalue weighted by molar-refractivity contribution is -0.120. The molecule has 0 atom stereocenters. The van der Waals surface area contributed by atoms with Gasteiger partial charge in [0, 0.05) is 22.8 Å². The van der Waals surface area contributed by atoms with E-state index in [1.165, 1.54) is 12.1 Å². The summed E-state index contributed by atoms with van der Waals surface area (Å²) in [6, 6.07) is 20.4. The first-order valence-corrected chi connectivity index (χ1v) is 10.7. The molecule has 7 nitrogen and oxygen atoms in total. The normalized spacial score (nSPS) is 10.2. The number of rotatable bonds is 8.